The van der Waals surface area contributed by atoms with E-state index >= 15 is 0 Å². The molecule has 0 heterocycles. The van der Waals surface area contributed by atoms with Gasteiger partial charge in [0.2, 0.25) is 0 Å². The first-order valence-corrected chi connectivity index (χ1v) is 6.55. The summed E-state index contributed by atoms with van der Waals surface area (Å²) in [6, 6.07) is 0.741. The molecule has 88 valence electrons. The molecule has 0 aliphatic heterocycles. The van der Waals surface area contributed by atoms with Gasteiger partial charge in [-0.15, -0.1) is 0 Å². The Bertz CT molecular complexity index is 253. The Morgan fingerprint density at radius 1 is 1.07 bits per heavy atom. The molecule has 0 aromatic heterocycles. The van der Waals surface area contributed by atoms with Crippen molar-refractivity contribution in [3.8, 4) is 0 Å². The summed E-state index contributed by atoms with van der Waals surface area (Å²) in [4.78, 5) is 0. The second-order valence-electron chi connectivity index (χ2n) is 7.32. The molecule has 1 N–H and O–H groups in total. The molecule has 2 aliphatic carbocycles. The molecular weight excluding hydrogens is 182 g/mol. The number of hydrogen-bond acceptors (Lipinski definition) is 1. The molecule has 1 unspecified atom stereocenters. The van der Waals surface area contributed by atoms with Gasteiger partial charge in [0.25, 0.3) is 0 Å². The fraction of sp³-hybridized carbons (Fsp3) is 1.00. The summed E-state index contributed by atoms with van der Waals surface area (Å²) >= 11 is 0. The summed E-state index contributed by atoms with van der Waals surface area (Å²) in [5.41, 5.74) is 1.44. The van der Waals surface area contributed by atoms with Crippen molar-refractivity contribution >= 4 is 0 Å². The van der Waals surface area contributed by atoms with Crippen LogP contribution in [0.5, 0.6) is 0 Å². The van der Waals surface area contributed by atoms with Crippen molar-refractivity contribution in [2.75, 3.05) is 0 Å². The highest BCUT2D eigenvalue weighted by Gasteiger charge is 2.57. The van der Waals surface area contributed by atoms with Crippen LogP contribution in [-0.2, 0) is 0 Å². The molecule has 1 heteroatoms. The van der Waals surface area contributed by atoms with Crippen LogP contribution in [0.2, 0.25) is 0 Å². The van der Waals surface area contributed by atoms with Crippen molar-refractivity contribution in [2.24, 2.45) is 10.8 Å². The maximum absolute atomic E-state index is 3.86. The summed E-state index contributed by atoms with van der Waals surface area (Å²) in [5.74, 6) is 0. The van der Waals surface area contributed by atoms with E-state index in [4.69, 9.17) is 0 Å². The van der Waals surface area contributed by atoms with Crippen molar-refractivity contribution in [2.45, 2.75) is 78.3 Å². The summed E-state index contributed by atoms with van der Waals surface area (Å²) in [6.07, 6.45) is 7.12. The summed E-state index contributed by atoms with van der Waals surface area (Å²) in [6.45, 7) is 11.9. The van der Waals surface area contributed by atoms with E-state index in [1.165, 1.54) is 32.1 Å². The second kappa shape index (κ2) is 3.23. The summed E-state index contributed by atoms with van der Waals surface area (Å²) in [5, 5.41) is 3.86. The molecule has 3 atom stereocenters. The molecule has 0 saturated heterocycles. The van der Waals surface area contributed by atoms with Crippen LogP contribution in [0.1, 0.15) is 66.7 Å². The molecule has 2 rings (SSSR count). The lowest BCUT2D eigenvalue weighted by atomic mass is 9.69. The van der Waals surface area contributed by atoms with Gasteiger partial charge in [0.15, 0.2) is 0 Å². The average molecular weight is 209 g/mol. The molecule has 0 spiro atoms. The molecule has 2 fully saturated rings. The fourth-order valence-corrected chi connectivity index (χ4v) is 3.97. The highest BCUT2D eigenvalue weighted by molar-refractivity contribution is 5.10. The average Bonchev–Trinajstić information content (AvgIpc) is 2.46. The van der Waals surface area contributed by atoms with Crippen molar-refractivity contribution in [3.05, 3.63) is 0 Å². The molecule has 0 amide bonds. The highest BCUT2D eigenvalue weighted by atomic mass is 15.0. The Morgan fingerprint density at radius 2 is 1.73 bits per heavy atom. The Morgan fingerprint density at radius 3 is 2.33 bits per heavy atom. The zero-order chi connectivity index (χ0) is 11.3. The van der Waals surface area contributed by atoms with E-state index in [2.05, 4.69) is 39.9 Å². The summed E-state index contributed by atoms with van der Waals surface area (Å²) < 4.78 is 0. The van der Waals surface area contributed by atoms with Crippen molar-refractivity contribution in [1.29, 1.82) is 0 Å². The molecule has 0 radical (unpaired) electrons. The molecule has 2 saturated carbocycles. The van der Waals surface area contributed by atoms with Gasteiger partial charge in [-0.2, -0.15) is 0 Å². The topological polar surface area (TPSA) is 12.0 Å². The van der Waals surface area contributed by atoms with Gasteiger partial charge < -0.3 is 5.32 Å². The van der Waals surface area contributed by atoms with E-state index in [0.717, 1.165) is 6.04 Å². The molecule has 0 aromatic rings. The van der Waals surface area contributed by atoms with Gasteiger partial charge in [0.05, 0.1) is 0 Å². The van der Waals surface area contributed by atoms with Crippen molar-refractivity contribution in [1.82, 2.24) is 5.32 Å². The first kappa shape index (κ1) is 11.4. The van der Waals surface area contributed by atoms with E-state index in [-0.39, 0.29) is 5.54 Å². The lowest BCUT2D eigenvalue weighted by molar-refractivity contribution is 0.111. The van der Waals surface area contributed by atoms with E-state index in [0.29, 0.717) is 10.8 Å². The Balaban J connectivity index is 2.16. The maximum atomic E-state index is 3.86. The summed E-state index contributed by atoms with van der Waals surface area (Å²) in [7, 11) is 0. The van der Waals surface area contributed by atoms with E-state index < -0.39 is 0 Å². The van der Waals surface area contributed by atoms with E-state index in [1.54, 1.807) is 0 Å². The van der Waals surface area contributed by atoms with Crippen LogP contribution in [0.4, 0.5) is 0 Å². The molecule has 15 heavy (non-hydrogen) atoms. The first-order valence-electron chi connectivity index (χ1n) is 6.55. The molecule has 0 aromatic carbocycles. The number of nitrogens with one attached hydrogen (secondary N) is 1. The van der Waals surface area contributed by atoms with Gasteiger partial charge in [0, 0.05) is 11.6 Å². The lowest BCUT2D eigenvalue weighted by Crippen LogP contribution is -2.51. The molecule has 0 bridgehead atoms. The fourth-order valence-electron chi connectivity index (χ4n) is 3.97. The van der Waals surface area contributed by atoms with Gasteiger partial charge >= 0.3 is 0 Å². The third-order valence-corrected chi connectivity index (χ3v) is 5.16. The SMILES string of the molecule is CC(C)(C)NC1CC[C@]2(C)CCC[C@]12C. The van der Waals surface area contributed by atoms with Gasteiger partial charge in [-0.3, -0.25) is 0 Å². The second-order valence-corrected chi connectivity index (χ2v) is 7.32. The number of hydrogen-bond donors (Lipinski definition) is 1. The Kier molecular flexibility index (Phi) is 2.46. The van der Waals surface area contributed by atoms with E-state index in [1.807, 2.05) is 0 Å². The van der Waals surface area contributed by atoms with Crippen LogP contribution in [0.15, 0.2) is 0 Å². The van der Waals surface area contributed by atoms with Gasteiger partial charge in [-0.1, -0.05) is 20.3 Å². The normalized spacial score (nSPS) is 45.8. The third kappa shape index (κ3) is 1.73. The maximum Gasteiger partial charge on any atom is 0.0131 e. The predicted molar refractivity (Wildman–Crippen MR) is 66.0 cm³/mol. The van der Waals surface area contributed by atoms with Gasteiger partial charge in [-0.25, -0.2) is 0 Å². The number of rotatable bonds is 1. The third-order valence-electron chi connectivity index (χ3n) is 5.16. The van der Waals surface area contributed by atoms with Gasteiger partial charge in [-0.05, 0) is 57.3 Å². The zero-order valence-corrected chi connectivity index (χ0v) is 11.1. The standard InChI is InChI=1S/C14H27N/c1-12(2,3)15-11-7-10-13(4)8-6-9-14(11,13)5/h11,15H,6-10H2,1-5H3/t11?,13-,14+/m0/s1. The quantitative estimate of drug-likeness (QED) is 0.694. The minimum atomic E-state index is 0.265. The highest BCUT2D eigenvalue weighted by Crippen LogP contribution is 2.62. The Labute approximate surface area is 95.0 Å². The van der Waals surface area contributed by atoms with Gasteiger partial charge in [0.1, 0.15) is 0 Å². The minimum absolute atomic E-state index is 0.265. The van der Waals surface area contributed by atoms with Crippen LogP contribution < -0.4 is 5.32 Å². The van der Waals surface area contributed by atoms with E-state index in [9.17, 15) is 0 Å². The first-order chi connectivity index (χ1) is 6.77. The monoisotopic (exact) mass is 209 g/mol. The molecular formula is C14H27N. The van der Waals surface area contributed by atoms with Crippen LogP contribution in [0.3, 0.4) is 0 Å². The van der Waals surface area contributed by atoms with Crippen LogP contribution >= 0.6 is 0 Å². The zero-order valence-electron chi connectivity index (χ0n) is 11.1. The lowest BCUT2D eigenvalue weighted by Gasteiger charge is -2.41. The van der Waals surface area contributed by atoms with Crippen molar-refractivity contribution in [3.63, 3.8) is 0 Å². The Hall–Kier alpha value is -0.0400. The van der Waals surface area contributed by atoms with Crippen LogP contribution in [0.25, 0.3) is 0 Å². The van der Waals surface area contributed by atoms with Crippen molar-refractivity contribution < 1.29 is 0 Å². The smallest absolute Gasteiger partial charge is 0.0131 e. The molecule has 1 nitrogen and oxygen atoms in total. The number of fused-ring (bicyclic) bond motifs is 1. The minimum Gasteiger partial charge on any atom is -0.309 e. The molecule has 2 aliphatic rings. The predicted octanol–water partition coefficient (Wildman–Crippen LogP) is 3.73. The van der Waals surface area contributed by atoms with Crippen LogP contribution in [0, 0.1) is 10.8 Å². The largest absolute Gasteiger partial charge is 0.309 e. The van der Waals surface area contributed by atoms with Crippen LogP contribution in [-0.4, -0.2) is 11.6 Å².